The number of hydrogen-bond acceptors (Lipinski definition) is 2. The van der Waals surface area contributed by atoms with Crippen molar-refractivity contribution in [3.63, 3.8) is 0 Å². The van der Waals surface area contributed by atoms with Gasteiger partial charge in [-0.25, -0.2) is 4.98 Å². The fourth-order valence-electron chi connectivity index (χ4n) is 1.79. The van der Waals surface area contributed by atoms with Gasteiger partial charge in [0.15, 0.2) is 0 Å². The minimum atomic E-state index is 1.00. The molecule has 2 heterocycles. The van der Waals surface area contributed by atoms with E-state index in [2.05, 4.69) is 62.9 Å². The molecule has 0 fully saturated rings. The second-order valence-electron chi connectivity index (χ2n) is 3.78. The van der Waals surface area contributed by atoms with Crippen molar-refractivity contribution in [3.05, 3.63) is 58.6 Å². The van der Waals surface area contributed by atoms with Gasteiger partial charge in [0.05, 0.1) is 5.52 Å². The van der Waals surface area contributed by atoms with Gasteiger partial charge in [0, 0.05) is 23.3 Å². The Hall–Kier alpha value is -1.49. The number of benzene rings is 1. The van der Waals surface area contributed by atoms with Gasteiger partial charge in [-0.15, -0.1) is 0 Å². The first-order valence-electron chi connectivity index (χ1n) is 5.30. The molecule has 0 saturated heterocycles. The van der Waals surface area contributed by atoms with Crippen LogP contribution in [0.15, 0.2) is 54.9 Å². The van der Waals surface area contributed by atoms with Crippen molar-refractivity contribution in [2.24, 2.45) is 0 Å². The van der Waals surface area contributed by atoms with Crippen LogP contribution in [0.25, 0.3) is 22.0 Å². The average molecular weight is 332 g/mol. The van der Waals surface area contributed by atoms with Gasteiger partial charge < -0.3 is 0 Å². The average Bonchev–Trinajstić information content (AvgIpc) is 2.39. The van der Waals surface area contributed by atoms with Crippen molar-refractivity contribution in [1.82, 2.24) is 9.97 Å². The zero-order valence-electron chi connectivity index (χ0n) is 8.97. The maximum absolute atomic E-state index is 4.36. The summed E-state index contributed by atoms with van der Waals surface area (Å²) in [6, 6.07) is 14.4. The highest BCUT2D eigenvalue weighted by Crippen LogP contribution is 2.22. The minimum absolute atomic E-state index is 1.00. The number of nitrogens with zero attached hydrogens (tertiary/aromatic N) is 2. The van der Waals surface area contributed by atoms with E-state index in [1.54, 1.807) is 0 Å². The van der Waals surface area contributed by atoms with Crippen molar-refractivity contribution in [1.29, 1.82) is 0 Å². The summed E-state index contributed by atoms with van der Waals surface area (Å²) in [7, 11) is 0. The molecule has 0 aliphatic heterocycles. The van der Waals surface area contributed by atoms with Gasteiger partial charge in [-0.1, -0.05) is 24.3 Å². The van der Waals surface area contributed by atoms with Gasteiger partial charge in [0.1, 0.15) is 3.70 Å². The molecule has 17 heavy (non-hydrogen) atoms. The lowest BCUT2D eigenvalue weighted by atomic mass is 10.1. The number of pyridine rings is 2. The van der Waals surface area contributed by atoms with E-state index in [1.165, 1.54) is 0 Å². The Balaban J connectivity index is 2.14. The number of hydrogen-bond donors (Lipinski definition) is 0. The molecule has 2 nitrogen and oxygen atoms in total. The highest BCUT2D eigenvalue weighted by atomic mass is 127. The summed E-state index contributed by atoms with van der Waals surface area (Å²) < 4.78 is 1.00. The third-order valence-electron chi connectivity index (χ3n) is 2.67. The molecule has 0 spiro atoms. The molecule has 0 saturated carbocycles. The van der Waals surface area contributed by atoms with Gasteiger partial charge in [0.25, 0.3) is 0 Å². The van der Waals surface area contributed by atoms with Gasteiger partial charge in [0.2, 0.25) is 0 Å². The second kappa shape index (κ2) is 4.41. The van der Waals surface area contributed by atoms with E-state index in [9.17, 15) is 0 Å². The highest BCUT2D eigenvalue weighted by molar-refractivity contribution is 14.1. The standard InChI is InChI=1S/C14H9IN2/c15-14-6-5-12(9-17-14)11-4-3-10-2-1-7-16-13(10)8-11/h1-9H. The molecule has 0 radical (unpaired) electrons. The maximum atomic E-state index is 4.36. The molecule has 82 valence electrons. The second-order valence-corrected chi connectivity index (χ2v) is 4.89. The van der Waals surface area contributed by atoms with Crippen LogP contribution in [0.5, 0.6) is 0 Å². The van der Waals surface area contributed by atoms with Gasteiger partial charge in [-0.05, 0) is 46.4 Å². The van der Waals surface area contributed by atoms with E-state index in [1.807, 2.05) is 24.5 Å². The number of aromatic nitrogens is 2. The van der Waals surface area contributed by atoms with E-state index >= 15 is 0 Å². The number of fused-ring (bicyclic) bond motifs is 1. The lowest BCUT2D eigenvalue weighted by molar-refractivity contribution is 1.27. The topological polar surface area (TPSA) is 25.8 Å². The normalized spacial score (nSPS) is 10.6. The monoisotopic (exact) mass is 332 g/mol. The SMILES string of the molecule is Ic1ccc(-c2ccc3cccnc3c2)cn1. The van der Waals surface area contributed by atoms with Crippen LogP contribution in [-0.4, -0.2) is 9.97 Å². The first kappa shape index (κ1) is 10.7. The van der Waals surface area contributed by atoms with E-state index in [0.717, 1.165) is 25.7 Å². The molecule has 0 bridgehead atoms. The van der Waals surface area contributed by atoms with E-state index in [4.69, 9.17) is 0 Å². The molecule has 0 unspecified atom stereocenters. The molecule has 3 rings (SSSR count). The first-order chi connectivity index (χ1) is 8.33. The molecule has 0 N–H and O–H groups in total. The van der Waals surface area contributed by atoms with Crippen LogP contribution in [0.3, 0.4) is 0 Å². The van der Waals surface area contributed by atoms with E-state index in [0.29, 0.717) is 0 Å². The maximum Gasteiger partial charge on any atom is 0.101 e. The Morgan fingerprint density at radius 2 is 1.76 bits per heavy atom. The molecule has 0 aliphatic rings. The van der Waals surface area contributed by atoms with Crippen LogP contribution >= 0.6 is 22.6 Å². The summed E-state index contributed by atoms with van der Waals surface area (Å²) in [5, 5.41) is 1.16. The quantitative estimate of drug-likeness (QED) is 0.499. The summed E-state index contributed by atoms with van der Waals surface area (Å²) in [6.45, 7) is 0. The Kier molecular flexibility index (Phi) is 2.76. The summed E-state index contributed by atoms with van der Waals surface area (Å²) >= 11 is 2.21. The van der Waals surface area contributed by atoms with Crippen molar-refractivity contribution in [3.8, 4) is 11.1 Å². The Bertz CT molecular complexity index is 662. The van der Waals surface area contributed by atoms with Crippen LogP contribution in [0, 0.1) is 3.70 Å². The lowest BCUT2D eigenvalue weighted by Crippen LogP contribution is -1.84. The fourth-order valence-corrected chi connectivity index (χ4v) is 2.11. The zero-order valence-corrected chi connectivity index (χ0v) is 11.1. The molecule has 0 aliphatic carbocycles. The number of halogens is 1. The van der Waals surface area contributed by atoms with Crippen molar-refractivity contribution < 1.29 is 0 Å². The van der Waals surface area contributed by atoms with Crippen molar-refractivity contribution in [2.45, 2.75) is 0 Å². The molecule has 2 aromatic heterocycles. The molecule has 3 aromatic rings. The smallest absolute Gasteiger partial charge is 0.101 e. The van der Waals surface area contributed by atoms with Gasteiger partial charge in [-0.2, -0.15) is 0 Å². The lowest BCUT2D eigenvalue weighted by Gasteiger charge is -2.03. The van der Waals surface area contributed by atoms with E-state index < -0.39 is 0 Å². The first-order valence-corrected chi connectivity index (χ1v) is 6.37. The van der Waals surface area contributed by atoms with Crippen molar-refractivity contribution >= 4 is 33.5 Å². The molecular weight excluding hydrogens is 323 g/mol. The predicted molar refractivity (Wildman–Crippen MR) is 77.7 cm³/mol. The molecule has 0 amide bonds. The van der Waals surface area contributed by atoms with Crippen LogP contribution in [0.2, 0.25) is 0 Å². The van der Waals surface area contributed by atoms with Crippen LogP contribution in [0.1, 0.15) is 0 Å². The Labute approximate surface area is 113 Å². The molecular formula is C14H9IN2. The van der Waals surface area contributed by atoms with Crippen LogP contribution in [0.4, 0.5) is 0 Å². The molecule has 3 heteroatoms. The highest BCUT2D eigenvalue weighted by Gasteiger charge is 2.00. The van der Waals surface area contributed by atoms with Crippen LogP contribution < -0.4 is 0 Å². The molecule has 1 aromatic carbocycles. The third-order valence-corrected chi connectivity index (χ3v) is 3.30. The summed E-state index contributed by atoms with van der Waals surface area (Å²) in [4.78, 5) is 8.66. The summed E-state index contributed by atoms with van der Waals surface area (Å²) in [5.74, 6) is 0. The van der Waals surface area contributed by atoms with Gasteiger partial charge >= 0.3 is 0 Å². The van der Waals surface area contributed by atoms with Crippen LogP contribution in [-0.2, 0) is 0 Å². The summed E-state index contributed by atoms with van der Waals surface area (Å²) in [5.41, 5.74) is 3.29. The largest absolute Gasteiger partial charge is 0.256 e. The molecule has 0 atom stereocenters. The number of rotatable bonds is 1. The third kappa shape index (κ3) is 2.15. The Morgan fingerprint density at radius 3 is 2.59 bits per heavy atom. The minimum Gasteiger partial charge on any atom is -0.256 e. The Morgan fingerprint density at radius 1 is 0.882 bits per heavy atom. The zero-order chi connectivity index (χ0) is 11.7. The predicted octanol–water partition coefficient (Wildman–Crippen LogP) is 3.90. The van der Waals surface area contributed by atoms with E-state index in [-0.39, 0.29) is 0 Å². The summed E-state index contributed by atoms with van der Waals surface area (Å²) in [6.07, 6.45) is 3.71. The fraction of sp³-hybridized carbons (Fsp3) is 0. The van der Waals surface area contributed by atoms with Crippen molar-refractivity contribution in [2.75, 3.05) is 0 Å². The van der Waals surface area contributed by atoms with Gasteiger partial charge in [-0.3, -0.25) is 4.98 Å².